The van der Waals surface area contributed by atoms with Crippen molar-refractivity contribution in [3.8, 4) is 0 Å². The molecule has 1 unspecified atom stereocenters. The number of fused-ring (bicyclic) bond motifs is 2. The van der Waals surface area contributed by atoms with E-state index in [4.69, 9.17) is 0 Å². The van der Waals surface area contributed by atoms with Gasteiger partial charge in [-0.05, 0) is 65.2 Å². The first-order valence-electron chi connectivity index (χ1n) is 13.2. The lowest BCUT2D eigenvalue weighted by Gasteiger charge is -2.31. The van der Waals surface area contributed by atoms with Crippen LogP contribution in [0.15, 0.2) is 78.5 Å². The summed E-state index contributed by atoms with van der Waals surface area (Å²) in [7, 11) is 0. The van der Waals surface area contributed by atoms with Crippen molar-refractivity contribution < 1.29 is 9.50 Å². The first-order valence-corrected chi connectivity index (χ1v) is 13.2. The Balaban J connectivity index is 1.73. The average Bonchev–Trinajstić information content (AvgIpc) is 3.23. The number of hydrogen-bond donors (Lipinski definition) is 0. The van der Waals surface area contributed by atoms with Crippen molar-refractivity contribution in [2.45, 2.75) is 58.8 Å². The van der Waals surface area contributed by atoms with Crippen LogP contribution in [0, 0.1) is 17.0 Å². The molecule has 0 aliphatic carbocycles. The molecule has 5 nitrogen and oxygen atoms in total. The third kappa shape index (κ3) is 3.88. The van der Waals surface area contributed by atoms with E-state index in [1.165, 1.54) is 33.8 Å². The summed E-state index contributed by atoms with van der Waals surface area (Å²) >= 11 is 0. The molecular weight excluding hydrogens is 458 g/mol. The molecule has 2 heterocycles. The third-order valence-electron chi connectivity index (χ3n) is 8.29. The highest BCUT2D eigenvalue weighted by Gasteiger charge is 2.49. The molecule has 0 fully saturated rings. The summed E-state index contributed by atoms with van der Waals surface area (Å²) < 4.78 is 2.33. The molecule has 0 saturated carbocycles. The van der Waals surface area contributed by atoms with Gasteiger partial charge in [0.2, 0.25) is 5.69 Å². The number of aryl methyl sites for hydroxylation is 1. The molecule has 0 radical (unpaired) electrons. The highest BCUT2D eigenvalue weighted by atomic mass is 16.6. The number of benzene rings is 3. The molecule has 0 bridgehead atoms. The number of nitrogens with zero attached hydrogens (tertiary/aromatic N) is 3. The van der Waals surface area contributed by atoms with Gasteiger partial charge >= 0.3 is 0 Å². The smallest absolute Gasteiger partial charge is 0.270 e. The zero-order chi connectivity index (χ0) is 26.5. The summed E-state index contributed by atoms with van der Waals surface area (Å²) in [6, 6.07) is 22.8. The van der Waals surface area contributed by atoms with Gasteiger partial charge in [0.05, 0.1) is 10.3 Å². The van der Waals surface area contributed by atoms with Crippen molar-refractivity contribution in [1.29, 1.82) is 0 Å². The summed E-state index contributed by atoms with van der Waals surface area (Å²) in [5, 5.41) is 11.6. The van der Waals surface area contributed by atoms with Crippen LogP contribution in [0.5, 0.6) is 0 Å². The van der Waals surface area contributed by atoms with Crippen LogP contribution in [0.1, 0.15) is 56.9 Å². The van der Waals surface area contributed by atoms with Gasteiger partial charge in [-0.25, -0.2) is 0 Å². The topological polar surface area (TPSA) is 49.4 Å². The number of nitro groups is 1. The van der Waals surface area contributed by atoms with Crippen LogP contribution in [0.4, 0.5) is 17.1 Å². The number of hydrogen-bond acceptors (Lipinski definition) is 3. The van der Waals surface area contributed by atoms with Gasteiger partial charge in [-0.15, -0.1) is 0 Å². The van der Waals surface area contributed by atoms with Crippen LogP contribution >= 0.6 is 0 Å². The third-order valence-corrected chi connectivity index (χ3v) is 8.29. The number of non-ortho nitro benzene ring substituents is 1. The van der Waals surface area contributed by atoms with E-state index in [9.17, 15) is 10.1 Å². The van der Waals surface area contributed by atoms with Crippen LogP contribution in [0.25, 0.3) is 0 Å². The van der Waals surface area contributed by atoms with Crippen molar-refractivity contribution in [2.75, 3.05) is 18.0 Å². The second kappa shape index (κ2) is 8.98. The van der Waals surface area contributed by atoms with E-state index in [1.54, 1.807) is 12.1 Å². The lowest BCUT2D eigenvalue weighted by molar-refractivity contribution is -0.433. The number of anilines is 1. The number of rotatable bonds is 6. The minimum atomic E-state index is -0.373. The Morgan fingerprint density at radius 3 is 2.35 bits per heavy atom. The Morgan fingerprint density at radius 2 is 1.70 bits per heavy atom. The minimum Gasteiger partial charge on any atom is -0.344 e. The Kier molecular flexibility index (Phi) is 6.06. The van der Waals surface area contributed by atoms with Gasteiger partial charge in [-0.1, -0.05) is 48.0 Å². The second-order valence-corrected chi connectivity index (χ2v) is 11.0. The van der Waals surface area contributed by atoms with Crippen LogP contribution in [0.2, 0.25) is 0 Å². The molecule has 0 aromatic heterocycles. The normalized spacial score (nSPS) is 20.9. The summed E-state index contributed by atoms with van der Waals surface area (Å²) in [5.41, 5.74) is 9.28. The zero-order valence-electron chi connectivity index (χ0n) is 22.7. The fraction of sp³-hybridized carbons (Fsp3) is 0.344. The van der Waals surface area contributed by atoms with E-state index in [1.807, 2.05) is 6.07 Å². The Bertz CT molecular complexity index is 1450. The van der Waals surface area contributed by atoms with Crippen molar-refractivity contribution in [2.24, 2.45) is 0 Å². The number of likely N-dealkylation sites (N-methyl/N-ethyl adjacent to an activating group) is 1. The van der Waals surface area contributed by atoms with Gasteiger partial charge in [0.15, 0.2) is 5.71 Å². The molecule has 3 aromatic carbocycles. The van der Waals surface area contributed by atoms with Gasteiger partial charge in [0, 0.05) is 53.2 Å². The molecule has 0 saturated heterocycles. The molecule has 2 aliphatic heterocycles. The van der Waals surface area contributed by atoms with Gasteiger partial charge in [0.1, 0.15) is 6.54 Å². The van der Waals surface area contributed by atoms with E-state index >= 15 is 0 Å². The standard InChI is InChI=1S/C32H36N3O2/c1-7-33-27-17-15-24(35(36)37)19-25(27)31(4,5)29(33)20-30-32(6,21-23-12-10-9-11-13-23)26-18-22(3)14-16-28(26)34(30)8-2/h9-20H,7-8,21H2,1-6H3/q+1. The summed E-state index contributed by atoms with van der Waals surface area (Å²) in [4.78, 5) is 13.7. The SMILES string of the molecule is CCN1C(=CC2=[N+](CC)c3ccc([N+](=O)[O-])cc3C2(C)C)C(C)(Cc2ccccc2)c2cc(C)ccc21. The van der Waals surface area contributed by atoms with Gasteiger partial charge < -0.3 is 4.90 Å². The molecule has 2 aliphatic rings. The second-order valence-electron chi connectivity index (χ2n) is 11.0. The highest BCUT2D eigenvalue weighted by Crippen LogP contribution is 2.51. The lowest BCUT2D eigenvalue weighted by atomic mass is 9.74. The maximum Gasteiger partial charge on any atom is 0.270 e. The predicted octanol–water partition coefficient (Wildman–Crippen LogP) is 7.22. The van der Waals surface area contributed by atoms with E-state index in [-0.39, 0.29) is 21.4 Å². The van der Waals surface area contributed by atoms with E-state index in [0.29, 0.717) is 0 Å². The molecular formula is C32H36N3O2+. The minimum absolute atomic E-state index is 0.143. The van der Waals surface area contributed by atoms with Crippen LogP contribution in [0.3, 0.4) is 0 Å². The lowest BCUT2D eigenvalue weighted by Crippen LogP contribution is -2.35. The highest BCUT2D eigenvalue weighted by molar-refractivity contribution is 6.04. The molecule has 190 valence electrons. The number of nitro benzene ring substituents is 1. The quantitative estimate of drug-likeness (QED) is 0.206. The van der Waals surface area contributed by atoms with E-state index in [0.717, 1.165) is 30.8 Å². The summed E-state index contributed by atoms with van der Waals surface area (Å²) in [5.74, 6) is 0. The predicted molar refractivity (Wildman–Crippen MR) is 151 cm³/mol. The fourth-order valence-corrected chi connectivity index (χ4v) is 6.37. The molecule has 0 N–H and O–H groups in total. The molecule has 1 atom stereocenters. The Hall–Kier alpha value is -3.73. The summed E-state index contributed by atoms with van der Waals surface area (Å²) in [6.45, 7) is 14.9. The van der Waals surface area contributed by atoms with Gasteiger partial charge in [0.25, 0.3) is 5.69 Å². The van der Waals surface area contributed by atoms with Crippen molar-refractivity contribution in [1.82, 2.24) is 0 Å². The molecule has 0 spiro atoms. The largest absolute Gasteiger partial charge is 0.344 e. The Morgan fingerprint density at radius 1 is 0.973 bits per heavy atom. The molecule has 5 rings (SSSR count). The maximum absolute atomic E-state index is 11.6. The first-order chi connectivity index (χ1) is 17.6. The molecule has 3 aromatic rings. The van der Waals surface area contributed by atoms with Crippen molar-refractivity contribution in [3.63, 3.8) is 0 Å². The van der Waals surface area contributed by atoms with Crippen LogP contribution < -0.4 is 4.90 Å². The van der Waals surface area contributed by atoms with E-state index in [2.05, 4.69) is 106 Å². The number of allylic oxidation sites excluding steroid dienone is 2. The van der Waals surface area contributed by atoms with E-state index < -0.39 is 0 Å². The molecule has 37 heavy (non-hydrogen) atoms. The molecule has 5 heteroatoms. The van der Waals surface area contributed by atoms with Crippen molar-refractivity contribution >= 4 is 22.8 Å². The Labute approximate surface area is 219 Å². The molecule has 0 amide bonds. The zero-order valence-corrected chi connectivity index (χ0v) is 22.7. The van der Waals surface area contributed by atoms with Gasteiger partial charge in [-0.3, -0.25) is 10.1 Å². The average molecular weight is 495 g/mol. The maximum atomic E-state index is 11.6. The first kappa shape index (κ1) is 24.9. The van der Waals surface area contributed by atoms with Crippen molar-refractivity contribution in [3.05, 3.63) is 111 Å². The summed E-state index contributed by atoms with van der Waals surface area (Å²) in [6.07, 6.45) is 3.28. The monoisotopic (exact) mass is 494 g/mol. The van der Waals surface area contributed by atoms with Gasteiger partial charge in [-0.2, -0.15) is 4.58 Å². The fourth-order valence-electron chi connectivity index (χ4n) is 6.37. The van der Waals surface area contributed by atoms with Crippen LogP contribution in [-0.2, 0) is 17.3 Å². The van der Waals surface area contributed by atoms with Crippen LogP contribution in [-0.4, -0.2) is 28.3 Å².